The SMILES string of the molecule is c1ccc(-c2ccc(-c3nc(-c4ccc(-n5c6ccc7ccccc7c6c6c7ccccc7c7c8ccccc8sc7c65)c5ccccc45)c4sc5ccccc5c4n3)cc2)cc1. The van der Waals surface area contributed by atoms with Gasteiger partial charge < -0.3 is 4.57 Å². The molecule has 3 nitrogen and oxygen atoms in total. The summed E-state index contributed by atoms with van der Waals surface area (Å²) < 4.78 is 7.48. The molecule has 0 fully saturated rings. The van der Waals surface area contributed by atoms with Gasteiger partial charge in [-0.1, -0.05) is 176 Å². The van der Waals surface area contributed by atoms with Crippen molar-refractivity contribution in [1.29, 1.82) is 0 Å². The van der Waals surface area contributed by atoms with E-state index in [0.717, 1.165) is 49.3 Å². The standard InChI is InChI=1S/C58H33N3S2/c1-2-14-34(15-3-1)35-26-28-37(29-27-35)58-59-53(57-54(60-58)45-23-11-13-25-49(45)63-57)43-31-33-46(40-19-7-6-18-39(40)43)61-47-32-30-36-16-4-5-17-38(36)51(47)52-42-21-9-8-20-41(42)50-44-22-10-12-24-48(44)62-56(50)55(52)61/h1-33H. The molecule has 0 bridgehead atoms. The van der Waals surface area contributed by atoms with Gasteiger partial charge in [0.05, 0.1) is 37.3 Å². The molecule has 63 heavy (non-hydrogen) atoms. The zero-order chi connectivity index (χ0) is 41.2. The van der Waals surface area contributed by atoms with Gasteiger partial charge in [-0.25, -0.2) is 9.97 Å². The highest BCUT2D eigenvalue weighted by Crippen LogP contribution is 2.50. The van der Waals surface area contributed by atoms with E-state index in [1.165, 1.54) is 84.7 Å². The Kier molecular flexibility index (Phi) is 7.43. The van der Waals surface area contributed by atoms with Crippen molar-refractivity contribution in [2.45, 2.75) is 0 Å². The Balaban J connectivity index is 1.08. The molecule has 4 heterocycles. The molecule has 0 unspecified atom stereocenters. The van der Waals surface area contributed by atoms with Crippen molar-refractivity contribution in [2.75, 3.05) is 0 Å². The minimum atomic E-state index is 0.724. The van der Waals surface area contributed by atoms with Gasteiger partial charge >= 0.3 is 0 Å². The lowest BCUT2D eigenvalue weighted by Gasteiger charge is -2.16. The molecule has 0 N–H and O–H groups in total. The Labute approximate surface area is 369 Å². The molecule has 0 saturated carbocycles. The van der Waals surface area contributed by atoms with Gasteiger partial charge in [0.25, 0.3) is 0 Å². The van der Waals surface area contributed by atoms with Crippen molar-refractivity contribution in [3.8, 4) is 39.5 Å². The van der Waals surface area contributed by atoms with E-state index in [-0.39, 0.29) is 0 Å². The number of hydrogen-bond acceptors (Lipinski definition) is 4. The smallest absolute Gasteiger partial charge is 0.160 e. The van der Waals surface area contributed by atoms with Gasteiger partial charge in [-0.05, 0) is 62.3 Å². The minimum absolute atomic E-state index is 0.724. The van der Waals surface area contributed by atoms with E-state index in [4.69, 9.17) is 9.97 Å². The number of hydrogen-bond donors (Lipinski definition) is 0. The maximum Gasteiger partial charge on any atom is 0.160 e. The first kappa shape index (κ1) is 35.0. The second-order valence-corrected chi connectivity index (χ2v) is 18.5. The predicted octanol–water partition coefficient (Wildman–Crippen LogP) is 16.8. The van der Waals surface area contributed by atoms with Crippen LogP contribution in [-0.2, 0) is 0 Å². The van der Waals surface area contributed by atoms with Gasteiger partial charge in [0, 0.05) is 52.8 Å². The zero-order valence-corrected chi connectivity index (χ0v) is 35.3. The minimum Gasteiger partial charge on any atom is -0.307 e. The molecule has 0 radical (unpaired) electrons. The molecular formula is C58H33N3S2. The summed E-state index contributed by atoms with van der Waals surface area (Å²) in [5, 5.41) is 13.8. The largest absolute Gasteiger partial charge is 0.307 e. The third-order valence-corrected chi connectivity index (χ3v) is 15.3. The molecule has 4 aromatic heterocycles. The van der Waals surface area contributed by atoms with Gasteiger partial charge in [-0.15, -0.1) is 22.7 Å². The first-order valence-corrected chi connectivity index (χ1v) is 23.0. The summed E-state index contributed by atoms with van der Waals surface area (Å²) in [4.78, 5) is 10.8. The van der Waals surface area contributed by atoms with Crippen LogP contribution in [0.4, 0.5) is 0 Å². The number of rotatable bonds is 4. The van der Waals surface area contributed by atoms with Crippen LogP contribution in [0.1, 0.15) is 0 Å². The van der Waals surface area contributed by atoms with E-state index in [0.29, 0.717) is 0 Å². The van der Waals surface area contributed by atoms with Crippen molar-refractivity contribution in [2.24, 2.45) is 0 Å². The summed E-state index contributed by atoms with van der Waals surface area (Å²) in [7, 11) is 0. The van der Waals surface area contributed by atoms with E-state index >= 15 is 0 Å². The number of thiophene rings is 2. The summed E-state index contributed by atoms with van der Waals surface area (Å²) in [5.74, 6) is 0.724. The Hall–Kier alpha value is -7.70. The lowest BCUT2D eigenvalue weighted by Crippen LogP contribution is -1.98. The van der Waals surface area contributed by atoms with E-state index in [2.05, 4.69) is 205 Å². The molecule has 0 atom stereocenters. The molecule has 14 rings (SSSR count). The van der Waals surface area contributed by atoms with Crippen molar-refractivity contribution in [1.82, 2.24) is 14.5 Å². The molecule has 5 heteroatoms. The van der Waals surface area contributed by atoms with Crippen molar-refractivity contribution in [3.05, 3.63) is 200 Å². The van der Waals surface area contributed by atoms with E-state index in [1.54, 1.807) is 11.3 Å². The normalized spacial score (nSPS) is 12.1. The second-order valence-electron chi connectivity index (χ2n) is 16.4. The van der Waals surface area contributed by atoms with Crippen LogP contribution < -0.4 is 0 Å². The molecule has 0 saturated heterocycles. The fraction of sp³-hybridized carbons (Fsp3) is 0. The second kappa shape index (κ2) is 13.4. The summed E-state index contributed by atoms with van der Waals surface area (Å²) in [6.07, 6.45) is 0. The van der Waals surface area contributed by atoms with Crippen LogP contribution in [0.5, 0.6) is 0 Å². The third-order valence-electron chi connectivity index (χ3n) is 13.0. The van der Waals surface area contributed by atoms with Crippen LogP contribution in [0.2, 0.25) is 0 Å². The lowest BCUT2D eigenvalue weighted by atomic mass is 9.97. The molecule has 0 spiro atoms. The van der Waals surface area contributed by atoms with Gasteiger partial charge in [0.2, 0.25) is 0 Å². The molecule has 10 aromatic carbocycles. The van der Waals surface area contributed by atoms with Crippen LogP contribution in [0.3, 0.4) is 0 Å². The fourth-order valence-corrected chi connectivity index (χ4v) is 12.6. The Bertz CT molecular complexity index is 4200. The first-order valence-electron chi connectivity index (χ1n) is 21.3. The number of aromatic nitrogens is 3. The summed E-state index contributed by atoms with van der Waals surface area (Å²) in [5.41, 5.74) is 10.00. The molecular weight excluding hydrogens is 803 g/mol. The average Bonchev–Trinajstić information content (AvgIpc) is 4.04. The molecule has 0 aliphatic rings. The third kappa shape index (κ3) is 5.06. The maximum absolute atomic E-state index is 5.51. The van der Waals surface area contributed by atoms with E-state index < -0.39 is 0 Å². The van der Waals surface area contributed by atoms with E-state index in [1.807, 2.05) is 11.3 Å². The van der Waals surface area contributed by atoms with Gasteiger partial charge in [-0.2, -0.15) is 0 Å². The van der Waals surface area contributed by atoms with Crippen molar-refractivity contribution >= 4 is 117 Å². The highest BCUT2D eigenvalue weighted by Gasteiger charge is 2.25. The molecule has 0 aliphatic heterocycles. The average molecular weight is 836 g/mol. The zero-order valence-electron chi connectivity index (χ0n) is 33.7. The van der Waals surface area contributed by atoms with Crippen LogP contribution >= 0.6 is 22.7 Å². The lowest BCUT2D eigenvalue weighted by molar-refractivity contribution is 1.20. The monoisotopic (exact) mass is 835 g/mol. The highest BCUT2D eigenvalue weighted by atomic mass is 32.1. The molecule has 292 valence electrons. The predicted molar refractivity (Wildman–Crippen MR) is 271 cm³/mol. The van der Waals surface area contributed by atoms with E-state index in [9.17, 15) is 0 Å². The maximum atomic E-state index is 5.51. The van der Waals surface area contributed by atoms with Gasteiger partial charge in [-0.3, -0.25) is 0 Å². The topological polar surface area (TPSA) is 30.7 Å². The van der Waals surface area contributed by atoms with Crippen LogP contribution in [0.15, 0.2) is 200 Å². The molecule has 0 amide bonds. The summed E-state index contributed by atoms with van der Waals surface area (Å²) >= 11 is 3.68. The first-order chi connectivity index (χ1) is 31.3. The Morgan fingerprint density at radius 1 is 0.365 bits per heavy atom. The molecule has 0 aliphatic carbocycles. The molecule has 14 aromatic rings. The Morgan fingerprint density at radius 3 is 1.75 bits per heavy atom. The highest BCUT2D eigenvalue weighted by molar-refractivity contribution is 7.27. The Morgan fingerprint density at radius 2 is 0.952 bits per heavy atom. The quantitative estimate of drug-likeness (QED) is 0.177. The van der Waals surface area contributed by atoms with Gasteiger partial charge in [0.1, 0.15) is 0 Å². The van der Waals surface area contributed by atoms with Crippen LogP contribution in [0.25, 0.3) is 134 Å². The fourth-order valence-electron chi connectivity index (χ4n) is 10.2. The summed E-state index contributed by atoms with van der Waals surface area (Å²) in [6, 6.07) is 72.8. The van der Waals surface area contributed by atoms with Crippen molar-refractivity contribution in [3.63, 3.8) is 0 Å². The summed E-state index contributed by atoms with van der Waals surface area (Å²) in [6.45, 7) is 0. The number of nitrogens with zero attached hydrogens (tertiary/aromatic N) is 3. The number of fused-ring (bicyclic) bond motifs is 16. The van der Waals surface area contributed by atoms with Crippen molar-refractivity contribution < 1.29 is 0 Å². The number of benzene rings is 10. The van der Waals surface area contributed by atoms with Gasteiger partial charge in [0.15, 0.2) is 5.82 Å². The van der Waals surface area contributed by atoms with Crippen LogP contribution in [0, 0.1) is 0 Å². The van der Waals surface area contributed by atoms with Crippen LogP contribution in [-0.4, -0.2) is 14.5 Å².